The van der Waals surface area contributed by atoms with Gasteiger partial charge in [-0.2, -0.15) is 0 Å². The van der Waals surface area contributed by atoms with E-state index in [1.807, 2.05) is 13.0 Å². The molecule has 0 amide bonds. The molecule has 1 heterocycles. The van der Waals surface area contributed by atoms with Crippen LogP contribution in [0.5, 0.6) is 0 Å². The average molecular weight is 259 g/mol. The molecule has 2 aromatic rings. The standard InChI is InChI=1S/C14H17N3O2/c1-10-9-16(3)14(19)17(10)12-6-4-5-11(7-12)13(18)8-15-2/h4-7,9,15H,8H2,1-3H3. The fourth-order valence-corrected chi connectivity index (χ4v) is 2.10. The highest BCUT2D eigenvalue weighted by Crippen LogP contribution is 2.11. The minimum Gasteiger partial charge on any atom is -0.313 e. The summed E-state index contributed by atoms with van der Waals surface area (Å²) in [5, 5.41) is 2.83. The number of aryl methyl sites for hydroxylation is 2. The van der Waals surface area contributed by atoms with Crippen molar-refractivity contribution in [2.75, 3.05) is 13.6 Å². The van der Waals surface area contributed by atoms with E-state index in [2.05, 4.69) is 5.32 Å². The molecule has 0 radical (unpaired) electrons. The maximum atomic E-state index is 12.0. The second kappa shape index (κ2) is 5.24. The predicted molar refractivity (Wildman–Crippen MR) is 74.0 cm³/mol. The Labute approximate surface area is 111 Å². The van der Waals surface area contributed by atoms with E-state index in [1.54, 1.807) is 43.1 Å². The van der Waals surface area contributed by atoms with Gasteiger partial charge in [0.15, 0.2) is 5.78 Å². The Morgan fingerprint density at radius 3 is 2.68 bits per heavy atom. The van der Waals surface area contributed by atoms with Crippen molar-refractivity contribution in [2.24, 2.45) is 7.05 Å². The highest BCUT2D eigenvalue weighted by Gasteiger charge is 2.10. The molecule has 1 N–H and O–H groups in total. The van der Waals surface area contributed by atoms with Crippen LogP contribution >= 0.6 is 0 Å². The summed E-state index contributed by atoms with van der Waals surface area (Å²) in [6, 6.07) is 7.11. The summed E-state index contributed by atoms with van der Waals surface area (Å²) in [5.41, 5.74) is 2.04. The van der Waals surface area contributed by atoms with Gasteiger partial charge in [0.25, 0.3) is 0 Å². The van der Waals surface area contributed by atoms with Crippen molar-refractivity contribution < 1.29 is 4.79 Å². The Balaban J connectivity index is 2.49. The van der Waals surface area contributed by atoms with Crippen LogP contribution in [0, 0.1) is 6.92 Å². The van der Waals surface area contributed by atoms with Gasteiger partial charge in [0.05, 0.1) is 12.2 Å². The van der Waals surface area contributed by atoms with Gasteiger partial charge in [-0.05, 0) is 26.1 Å². The van der Waals surface area contributed by atoms with E-state index >= 15 is 0 Å². The van der Waals surface area contributed by atoms with Crippen LogP contribution in [0.1, 0.15) is 16.1 Å². The summed E-state index contributed by atoms with van der Waals surface area (Å²) in [6.45, 7) is 2.15. The lowest BCUT2D eigenvalue weighted by atomic mass is 10.1. The number of aromatic nitrogens is 2. The molecule has 0 atom stereocenters. The van der Waals surface area contributed by atoms with Crippen molar-refractivity contribution in [3.63, 3.8) is 0 Å². The van der Waals surface area contributed by atoms with Crippen LogP contribution in [-0.4, -0.2) is 28.5 Å². The molecule has 1 aromatic carbocycles. The zero-order valence-corrected chi connectivity index (χ0v) is 11.3. The van der Waals surface area contributed by atoms with E-state index < -0.39 is 0 Å². The van der Waals surface area contributed by atoms with Crippen molar-refractivity contribution in [1.29, 1.82) is 0 Å². The molecule has 100 valence electrons. The second-order valence-corrected chi connectivity index (χ2v) is 4.50. The summed E-state index contributed by atoms with van der Waals surface area (Å²) >= 11 is 0. The summed E-state index contributed by atoms with van der Waals surface area (Å²) in [7, 11) is 3.44. The molecular formula is C14H17N3O2. The van der Waals surface area contributed by atoms with Crippen LogP contribution in [-0.2, 0) is 7.05 Å². The first-order chi connectivity index (χ1) is 9.04. The Kier molecular flexibility index (Phi) is 3.66. The van der Waals surface area contributed by atoms with Gasteiger partial charge in [0, 0.05) is 24.5 Å². The Hall–Kier alpha value is -2.14. The molecule has 0 spiro atoms. The van der Waals surface area contributed by atoms with Gasteiger partial charge in [-0.25, -0.2) is 4.79 Å². The van der Waals surface area contributed by atoms with E-state index in [1.165, 1.54) is 4.57 Å². The molecule has 0 bridgehead atoms. The lowest BCUT2D eigenvalue weighted by molar-refractivity contribution is 0.0993. The number of hydrogen-bond acceptors (Lipinski definition) is 3. The molecule has 0 saturated heterocycles. The van der Waals surface area contributed by atoms with E-state index in [-0.39, 0.29) is 18.0 Å². The predicted octanol–water partition coefficient (Wildman–Crippen LogP) is 0.887. The smallest absolute Gasteiger partial charge is 0.313 e. The van der Waals surface area contributed by atoms with Crippen LogP contribution < -0.4 is 11.0 Å². The molecule has 1 aromatic heterocycles. The summed E-state index contributed by atoms with van der Waals surface area (Å²) in [5.74, 6) is 0.00554. The number of imidazole rings is 1. The highest BCUT2D eigenvalue weighted by molar-refractivity contribution is 5.98. The normalized spacial score (nSPS) is 10.7. The number of nitrogens with zero attached hydrogens (tertiary/aromatic N) is 2. The fourth-order valence-electron chi connectivity index (χ4n) is 2.10. The van der Waals surface area contributed by atoms with E-state index in [9.17, 15) is 9.59 Å². The lowest BCUT2D eigenvalue weighted by Crippen LogP contribution is -2.22. The number of ketones is 1. The van der Waals surface area contributed by atoms with Crippen LogP contribution in [0.2, 0.25) is 0 Å². The third-order valence-electron chi connectivity index (χ3n) is 2.99. The number of likely N-dealkylation sites (N-methyl/N-ethyl adjacent to an activating group) is 1. The van der Waals surface area contributed by atoms with Gasteiger partial charge in [0.2, 0.25) is 0 Å². The SMILES string of the molecule is CNCC(=O)c1cccc(-n2c(C)cn(C)c2=O)c1. The average Bonchev–Trinajstić information content (AvgIpc) is 2.64. The van der Waals surface area contributed by atoms with Gasteiger partial charge in [-0.1, -0.05) is 12.1 Å². The quantitative estimate of drug-likeness (QED) is 0.830. The Morgan fingerprint density at radius 2 is 2.11 bits per heavy atom. The van der Waals surface area contributed by atoms with E-state index in [4.69, 9.17) is 0 Å². The number of hydrogen-bond donors (Lipinski definition) is 1. The molecule has 0 fully saturated rings. The third-order valence-corrected chi connectivity index (χ3v) is 2.99. The number of carbonyl (C=O) groups excluding carboxylic acids is 1. The van der Waals surface area contributed by atoms with Crippen molar-refractivity contribution in [3.05, 3.63) is 52.2 Å². The Morgan fingerprint density at radius 1 is 1.37 bits per heavy atom. The number of nitrogens with one attached hydrogen (secondary N) is 1. The molecule has 0 aliphatic heterocycles. The van der Waals surface area contributed by atoms with E-state index in [0.29, 0.717) is 11.3 Å². The van der Waals surface area contributed by atoms with Gasteiger partial charge < -0.3 is 9.88 Å². The van der Waals surface area contributed by atoms with Crippen molar-refractivity contribution in [3.8, 4) is 5.69 Å². The minimum absolute atomic E-state index is 0.00554. The van der Waals surface area contributed by atoms with Crippen molar-refractivity contribution in [1.82, 2.24) is 14.5 Å². The largest absolute Gasteiger partial charge is 0.332 e. The molecule has 5 nitrogen and oxygen atoms in total. The summed E-state index contributed by atoms with van der Waals surface area (Å²) in [6.07, 6.45) is 1.77. The molecule has 19 heavy (non-hydrogen) atoms. The maximum Gasteiger partial charge on any atom is 0.332 e. The number of carbonyl (C=O) groups is 1. The van der Waals surface area contributed by atoms with E-state index in [0.717, 1.165) is 5.69 Å². The van der Waals surface area contributed by atoms with Crippen LogP contribution in [0.4, 0.5) is 0 Å². The first-order valence-corrected chi connectivity index (χ1v) is 6.08. The number of rotatable bonds is 4. The van der Waals surface area contributed by atoms with Crippen molar-refractivity contribution >= 4 is 5.78 Å². The molecule has 0 unspecified atom stereocenters. The van der Waals surface area contributed by atoms with Crippen LogP contribution in [0.3, 0.4) is 0 Å². The van der Waals surface area contributed by atoms with Gasteiger partial charge in [-0.3, -0.25) is 9.36 Å². The molecular weight excluding hydrogens is 242 g/mol. The summed E-state index contributed by atoms with van der Waals surface area (Å²) in [4.78, 5) is 23.9. The monoisotopic (exact) mass is 259 g/mol. The highest BCUT2D eigenvalue weighted by atomic mass is 16.1. The molecule has 0 aliphatic carbocycles. The van der Waals surface area contributed by atoms with Gasteiger partial charge in [0.1, 0.15) is 0 Å². The van der Waals surface area contributed by atoms with Crippen LogP contribution in [0.15, 0.2) is 35.3 Å². The topological polar surface area (TPSA) is 56.0 Å². The number of benzene rings is 1. The number of Topliss-reactive ketones (excluding diaryl/α,β-unsaturated/α-hetero) is 1. The van der Waals surface area contributed by atoms with Gasteiger partial charge in [-0.15, -0.1) is 0 Å². The van der Waals surface area contributed by atoms with Crippen LogP contribution in [0.25, 0.3) is 5.69 Å². The first kappa shape index (κ1) is 13.3. The zero-order valence-electron chi connectivity index (χ0n) is 11.3. The second-order valence-electron chi connectivity index (χ2n) is 4.50. The molecule has 0 saturated carbocycles. The Bertz CT molecular complexity index is 668. The molecule has 2 rings (SSSR count). The molecule has 0 aliphatic rings. The zero-order chi connectivity index (χ0) is 14.0. The molecule has 5 heteroatoms. The van der Waals surface area contributed by atoms with Crippen molar-refractivity contribution in [2.45, 2.75) is 6.92 Å². The maximum absolute atomic E-state index is 12.0. The fraction of sp³-hybridized carbons (Fsp3) is 0.286. The lowest BCUT2D eigenvalue weighted by Gasteiger charge is -2.06. The van der Waals surface area contributed by atoms with Gasteiger partial charge >= 0.3 is 5.69 Å². The third kappa shape index (κ3) is 2.51. The first-order valence-electron chi connectivity index (χ1n) is 6.08. The summed E-state index contributed by atoms with van der Waals surface area (Å²) < 4.78 is 3.12. The minimum atomic E-state index is -0.115.